The van der Waals surface area contributed by atoms with Gasteiger partial charge in [0.25, 0.3) is 0 Å². The number of hydrogen-bond acceptors (Lipinski definition) is 3. The molecule has 3 unspecified atom stereocenters. The van der Waals surface area contributed by atoms with Crippen LogP contribution in [0.3, 0.4) is 0 Å². The van der Waals surface area contributed by atoms with Crippen molar-refractivity contribution in [1.82, 2.24) is 5.32 Å². The first-order valence-corrected chi connectivity index (χ1v) is 6.75. The van der Waals surface area contributed by atoms with Crippen LogP contribution in [0.4, 0.5) is 4.39 Å². The van der Waals surface area contributed by atoms with Crippen LogP contribution in [-0.4, -0.2) is 30.9 Å². The molecule has 0 aliphatic carbocycles. The Balaban J connectivity index is 2.46. The van der Waals surface area contributed by atoms with Crippen LogP contribution in [0.1, 0.15) is 38.4 Å². The van der Waals surface area contributed by atoms with E-state index >= 15 is 0 Å². The number of ether oxygens (including phenoxy) is 1. The molecule has 0 aromatic heterocycles. The lowest BCUT2D eigenvalue weighted by Crippen LogP contribution is -2.39. The Morgan fingerprint density at radius 2 is 1.95 bits per heavy atom. The molecule has 108 valence electrons. The highest BCUT2D eigenvalue weighted by Crippen LogP contribution is 2.18. The normalized spacial score (nSPS) is 16.1. The number of rotatable bonds is 8. The van der Waals surface area contributed by atoms with Gasteiger partial charge in [0, 0.05) is 19.2 Å². The van der Waals surface area contributed by atoms with Gasteiger partial charge in [-0.1, -0.05) is 19.1 Å². The summed E-state index contributed by atoms with van der Waals surface area (Å²) in [4.78, 5) is 0. The number of methoxy groups -OCH3 is 1. The maximum Gasteiger partial charge on any atom is 0.123 e. The first-order chi connectivity index (χ1) is 9.06. The van der Waals surface area contributed by atoms with Crippen molar-refractivity contribution in [2.45, 2.75) is 44.9 Å². The van der Waals surface area contributed by atoms with Crippen molar-refractivity contribution in [3.8, 4) is 0 Å². The van der Waals surface area contributed by atoms with Gasteiger partial charge >= 0.3 is 0 Å². The molecule has 1 rings (SSSR count). The second-order valence-electron chi connectivity index (χ2n) is 4.93. The van der Waals surface area contributed by atoms with E-state index in [9.17, 15) is 9.50 Å². The lowest BCUT2D eigenvalue weighted by molar-refractivity contribution is 0.132. The fourth-order valence-corrected chi connectivity index (χ4v) is 2.11. The first kappa shape index (κ1) is 16.1. The van der Waals surface area contributed by atoms with E-state index in [0.29, 0.717) is 19.1 Å². The Hall–Kier alpha value is -0.970. The molecule has 0 radical (unpaired) electrons. The molecule has 3 nitrogen and oxygen atoms in total. The molecule has 0 amide bonds. The molecule has 3 atom stereocenters. The van der Waals surface area contributed by atoms with E-state index in [4.69, 9.17) is 4.74 Å². The Kier molecular flexibility index (Phi) is 6.99. The van der Waals surface area contributed by atoms with Gasteiger partial charge in [0.15, 0.2) is 0 Å². The maximum atomic E-state index is 12.8. The van der Waals surface area contributed by atoms with E-state index in [0.717, 1.165) is 12.0 Å². The van der Waals surface area contributed by atoms with E-state index in [2.05, 4.69) is 12.2 Å². The molecule has 0 saturated heterocycles. The Morgan fingerprint density at radius 3 is 2.47 bits per heavy atom. The molecule has 1 aromatic rings. The Morgan fingerprint density at radius 1 is 1.32 bits per heavy atom. The van der Waals surface area contributed by atoms with Crippen LogP contribution in [-0.2, 0) is 4.74 Å². The minimum Gasteiger partial charge on any atom is -0.388 e. The Bertz CT molecular complexity index is 356. The van der Waals surface area contributed by atoms with E-state index in [1.54, 1.807) is 19.2 Å². The second-order valence-corrected chi connectivity index (χ2v) is 4.93. The van der Waals surface area contributed by atoms with Gasteiger partial charge in [-0.15, -0.1) is 0 Å². The smallest absolute Gasteiger partial charge is 0.123 e. The third kappa shape index (κ3) is 5.68. The topological polar surface area (TPSA) is 41.5 Å². The number of benzene rings is 1. The SMILES string of the molecule is CCC(COC)NC(C)CC(O)c1ccc(F)cc1. The summed E-state index contributed by atoms with van der Waals surface area (Å²) in [6.07, 6.45) is 0.986. The summed E-state index contributed by atoms with van der Waals surface area (Å²) in [5.74, 6) is -0.284. The highest BCUT2D eigenvalue weighted by atomic mass is 19.1. The van der Waals surface area contributed by atoms with Gasteiger partial charge < -0.3 is 15.2 Å². The first-order valence-electron chi connectivity index (χ1n) is 6.75. The molecule has 0 aliphatic rings. The Labute approximate surface area is 114 Å². The van der Waals surface area contributed by atoms with Crippen LogP contribution in [0, 0.1) is 5.82 Å². The fraction of sp³-hybridized carbons (Fsp3) is 0.600. The fourth-order valence-electron chi connectivity index (χ4n) is 2.11. The molecule has 0 saturated carbocycles. The molecule has 4 heteroatoms. The van der Waals surface area contributed by atoms with E-state index in [1.165, 1.54) is 12.1 Å². The van der Waals surface area contributed by atoms with Crippen LogP contribution in [0.2, 0.25) is 0 Å². The zero-order chi connectivity index (χ0) is 14.3. The molecule has 0 aliphatic heterocycles. The van der Waals surface area contributed by atoms with Crippen LogP contribution < -0.4 is 5.32 Å². The highest BCUT2D eigenvalue weighted by Gasteiger charge is 2.15. The quantitative estimate of drug-likeness (QED) is 0.762. The largest absolute Gasteiger partial charge is 0.388 e. The number of nitrogens with one attached hydrogen (secondary N) is 1. The zero-order valence-electron chi connectivity index (χ0n) is 11.9. The van der Waals surface area contributed by atoms with E-state index < -0.39 is 6.10 Å². The van der Waals surface area contributed by atoms with Gasteiger partial charge in [-0.2, -0.15) is 0 Å². The number of halogens is 1. The molecule has 1 aromatic carbocycles. The molecule has 0 fully saturated rings. The average molecular weight is 269 g/mol. The maximum absolute atomic E-state index is 12.8. The second kappa shape index (κ2) is 8.25. The monoisotopic (exact) mass is 269 g/mol. The average Bonchev–Trinajstić information content (AvgIpc) is 2.38. The zero-order valence-corrected chi connectivity index (χ0v) is 11.9. The van der Waals surface area contributed by atoms with Crippen molar-refractivity contribution in [1.29, 1.82) is 0 Å². The van der Waals surface area contributed by atoms with Crippen LogP contribution in [0.25, 0.3) is 0 Å². The summed E-state index contributed by atoms with van der Waals surface area (Å²) < 4.78 is 17.9. The van der Waals surface area contributed by atoms with Crippen molar-refractivity contribution in [3.63, 3.8) is 0 Å². The summed E-state index contributed by atoms with van der Waals surface area (Å²) in [6, 6.07) is 6.45. The lowest BCUT2D eigenvalue weighted by Gasteiger charge is -2.23. The minimum absolute atomic E-state index is 0.167. The van der Waals surface area contributed by atoms with Gasteiger partial charge in [-0.25, -0.2) is 4.39 Å². The van der Waals surface area contributed by atoms with Gasteiger partial charge in [0.05, 0.1) is 12.7 Å². The van der Waals surface area contributed by atoms with Crippen LogP contribution >= 0.6 is 0 Å². The molecule has 2 N–H and O–H groups in total. The summed E-state index contributed by atoms with van der Waals surface area (Å²) in [5, 5.41) is 13.5. The summed E-state index contributed by atoms with van der Waals surface area (Å²) in [6.45, 7) is 4.79. The number of hydrogen-bond donors (Lipinski definition) is 2. The molecule has 0 heterocycles. The van der Waals surface area contributed by atoms with Gasteiger partial charge in [-0.3, -0.25) is 0 Å². The number of aliphatic hydroxyl groups is 1. The molecule has 0 bridgehead atoms. The van der Waals surface area contributed by atoms with Crippen LogP contribution in [0.5, 0.6) is 0 Å². The highest BCUT2D eigenvalue weighted by molar-refractivity contribution is 5.18. The van der Waals surface area contributed by atoms with Crippen LogP contribution in [0.15, 0.2) is 24.3 Å². The summed E-state index contributed by atoms with van der Waals surface area (Å²) in [7, 11) is 1.68. The third-order valence-corrected chi connectivity index (χ3v) is 3.21. The predicted molar refractivity (Wildman–Crippen MR) is 74.5 cm³/mol. The number of aliphatic hydroxyl groups excluding tert-OH is 1. The van der Waals surface area contributed by atoms with Gasteiger partial charge in [0.1, 0.15) is 5.82 Å². The minimum atomic E-state index is -0.580. The lowest BCUT2D eigenvalue weighted by atomic mass is 10.0. The third-order valence-electron chi connectivity index (χ3n) is 3.21. The summed E-state index contributed by atoms with van der Waals surface area (Å²) in [5.41, 5.74) is 0.745. The molecule has 19 heavy (non-hydrogen) atoms. The standard InChI is InChI=1S/C15H24FNO2/c1-4-14(10-19-3)17-11(2)9-15(18)12-5-7-13(16)8-6-12/h5-8,11,14-15,17-18H,4,9-10H2,1-3H3. The predicted octanol–water partition coefficient (Wildman–Crippen LogP) is 2.65. The van der Waals surface area contributed by atoms with Crippen molar-refractivity contribution in [2.75, 3.05) is 13.7 Å². The van der Waals surface area contributed by atoms with Gasteiger partial charge in [-0.05, 0) is 37.5 Å². The van der Waals surface area contributed by atoms with E-state index in [1.807, 2.05) is 6.92 Å². The van der Waals surface area contributed by atoms with Crippen molar-refractivity contribution >= 4 is 0 Å². The van der Waals surface area contributed by atoms with Crippen molar-refractivity contribution in [2.24, 2.45) is 0 Å². The van der Waals surface area contributed by atoms with E-state index in [-0.39, 0.29) is 11.9 Å². The van der Waals surface area contributed by atoms with Gasteiger partial charge in [0.2, 0.25) is 0 Å². The van der Waals surface area contributed by atoms with Crippen molar-refractivity contribution < 1.29 is 14.2 Å². The molecular formula is C15H24FNO2. The summed E-state index contributed by atoms with van der Waals surface area (Å²) >= 11 is 0. The molecular weight excluding hydrogens is 245 g/mol. The molecule has 0 spiro atoms. The van der Waals surface area contributed by atoms with Crippen molar-refractivity contribution in [3.05, 3.63) is 35.6 Å².